The fourth-order valence-corrected chi connectivity index (χ4v) is 3.39. The molecule has 4 N–H and O–H groups in total. The molecule has 1 aliphatic rings. The quantitative estimate of drug-likeness (QED) is 0.536. The van der Waals surface area contributed by atoms with Gasteiger partial charge < -0.3 is 25.0 Å². The smallest absolute Gasteiger partial charge is 0.307 e. The van der Waals surface area contributed by atoms with E-state index in [9.17, 15) is 9.90 Å². The Hall–Kier alpha value is -3.41. The number of hydrogen-bond donors (Lipinski definition) is 3. The van der Waals surface area contributed by atoms with Crippen LogP contribution in [-0.2, 0) is 4.79 Å². The van der Waals surface area contributed by atoms with Crippen molar-refractivity contribution in [2.24, 2.45) is 17.6 Å². The lowest BCUT2D eigenvalue weighted by molar-refractivity contribution is -0.138. The monoisotopic (exact) mass is 406 g/mol. The van der Waals surface area contributed by atoms with Crippen LogP contribution in [0, 0.1) is 23.7 Å². The first-order valence-electron chi connectivity index (χ1n) is 9.70. The normalized spacial score (nSPS) is 19.6. The molecule has 1 saturated carbocycles. The summed E-state index contributed by atoms with van der Waals surface area (Å²) < 4.78 is 7.32. The topological polar surface area (TPSA) is 127 Å². The van der Waals surface area contributed by atoms with E-state index in [2.05, 4.69) is 22.0 Å². The second-order valence-electron chi connectivity index (χ2n) is 7.37. The SMILES string of the molecule is CC(O)c1nccn1C(CN)c1cc(-c2ccc(C#C[C@@H]3C[C@H]3C(=O)O)cc2)on1. The zero-order valence-electron chi connectivity index (χ0n) is 16.4. The molecule has 154 valence electrons. The fourth-order valence-electron chi connectivity index (χ4n) is 3.39. The van der Waals surface area contributed by atoms with Crippen LogP contribution in [0.15, 0.2) is 47.2 Å². The van der Waals surface area contributed by atoms with E-state index in [-0.39, 0.29) is 24.4 Å². The number of aromatic nitrogens is 3. The summed E-state index contributed by atoms with van der Waals surface area (Å²) in [4.78, 5) is 15.1. The van der Waals surface area contributed by atoms with Gasteiger partial charge in [-0.3, -0.25) is 4.79 Å². The van der Waals surface area contributed by atoms with Crippen LogP contribution < -0.4 is 5.73 Å². The summed E-state index contributed by atoms with van der Waals surface area (Å²) in [5.41, 5.74) is 8.26. The maximum atomic E-state index is 10.9. The van der Waals surface area contributed by atoms with Crippen molar-refractivity contribution in [3.63, 3.8) is 0 Å². The zero-order valence-corrected chi connectivity index (χ0v) is 16.4. The summed E-state index contributed by atoms with van der Waals surface area (Å²) in [6.07, 6.45) is 3.27. The lowest BCUT2D eigenvalue weighted by atomic mass is 10.1. The van der Waals surface area contributed by atoms with Gasteiger partial charge in [0.05, 0.1) is 12.0 Å². The number of benzene rings is 1. The largest absolute Gasteiger partial charge is 0.481 e. The van der Waals surface area contributed by atoms with Gasteiger partial charge in [0, 0.05) is 42.0 Å². The lowest BCUT2D eigenvalue weighted by Gasteiger charge is -2.17. The molecule has 0 aliphatic heterocycles. The number of nitrogens with zero attached hydrogens (tertiary/aromatic N) is 3. The first-order chi connectivity index (χ1) is 14.5. The maximum absolute atomic E-state index is 10.9. The minimum Gasteiger partial charge on any atom is -0.481 e. The molecular weight excluding hydrogens is 384 g/mol. The number of hydrogen-bond acceptors (Lipinski definition) is 6. The van der Waals surface area contributed by atoms with Crippen molar-refractivity contribution in [2.45, 2.75) is 25.5 Å². The van der Waals surface area contributed by atoms with Crippen LogP contribution >= 0.6 is 0 Å². The van der Waals surface area contributed by atoms with Crippen LogP contribution in [0.1, 0.15) is 42.6 Å². The van der Waals surface area contributed by atoms with Gasteiger partial charge in [0.2, 0.25) is 0 Å². The molecule has 0 bridgehead atoms. The predicted octanol–water partition coefficient (Wildman–Crippen LogP) is 2.21. The summed E-state index contributed by atoms with van der Waals surface area (Å²) >= 11 is 0. The summed E-state index contributed by atoms with van der Waals surface area (Å²) in [6, 6.07) is 9.01. The van der Waals surface area contributed by atoms with Crippen LogP contribution in [0.5, 0.6) is 0 Å². The fraction of sp³-hybridized carbons (Fsp3) is 0.318. The van der Waals surface area contributed by atoms with Gasteiger partial charge in [-0.05, 0) is 37.6 Å². The van der Waals surface area contributed by atoms with E-state index in [0.29, 0.717) is 23.7 Å². The lowest BCUT2D eigenvalue weighted by Crippen LogP contribution is -2.22. The summed E-state index contributed by atoms with van der Waals surface area (Å²) in [5.74, 6) is 5.98. The number of imidazole rings is 1. The highest BCUT2D eigenvalue weighted by atomic mass is 16.5. The van der Waals surface area contributed by atoms with Gasteiger partial charge in [0.15, 0.2) is 5.76 Å². The molecule has 0 amide bonds. The Morgan fingerprint density at radius 3 is 2.80 bits per heavy atom. The Morgan fingerprint density at radius 2 is 2.17 bits per heavy atom. The number of carbonyl (C=O) groups is 1. The Kier molecular flexibility index (Phi) is 5.40. The highest BCUT2D eigenvalue weighted by Crippen LogP contribution is 2.37. The van der Waals surface area contributed by atoms with E-state index in [1.54, 1.807) is 23.9 Å². The van der Waals surface area contributed by atoms with Gasteiger partial charge in [0.25, 0.3) is 0 Å². The molecule has 4 rings (SSSR count). The van der Waals surface area contributed by atoms with Crippen LogP contribution in [0.2, 0.25) is 0 Å². The Labute approximate surface area is 173 Å². The number of carboxylic acids is 1. The maximum Gasteiger partial charge on any atom is 0.307 e. The summed E-state index contributed by atoms with van der Waals surface area (Å²) in [6.45, 7) is 1.92. The van der Waals surface area contributed by atoms with Gasteiger partial charge in [-0.15, -0.1) is 0 Å². The molecular formula is C22H22N4O4. The van der Waals surface area contributed by atoms with Crippen molar-refractivity contribution >= 4 is 5.97 Å². The summed E-state index contributed by atoms with van der Waals surface area (Å²) in [7, 11) is 0. The van der Waals surface area contributed by atoms with Gasteiger partial charge in [-0.1, -0.05) is 17.0 Å². The molecule has 0 spiro atoms. The molecule has 8 nitrogen and oxygen atoms in total. The average molecular weight is 406 g/mol. The molecule has 2 unspecified atom stereocenters. The van der Waals surface area contributed by atoms with E-state index < -0.39 is 12.1 Å². The van der Waals surface area contributed by atoms with Crippen molar-refractivity contribution in [2.75, 3.05) is 6.54 Å². The number of aliphatic hydroxyl groups excluding tert-OH is 1. The minimum absolute atomic E-state index is 0.0538. The average Bonchev–Trinajstić information content (AvgIpc) is 3.11. The van der Waals surface area contributed by atoms with Crippen LogP contribution in [-0.4, -0.2) is 37.4 Å². The summed E-state index contributed by atoms with van der Waals surface area (Å²) in [5, 5.41) is 23.0. The molecule has 30 heavy (non-hydrogen) atoms. The molecule has 1 fully saturated rings. The molecule has 4 atom stereocenters. The molecule has 2 heterocycles. The highest BCUT2D eigenvalue weighted by molar-refractivity contribution is 5.74. The van der Waals surface area contributed by atoms with E-state index in [4.69, 9.17) is 15.4 Å². The van der Waals surface area contributed by atoms with Crippen molar-refractivity contribution in [1.82, 2.24) is 14.7 Å². The van der Waals surface area contributed by atoms with Crippen molar-refractivity contribution < 1.29 is 19.5 Å². The number of nitrogens with two attached hydrogens (primary N) is 1. The first-order valence-corrected chi connectivity index (χ1v) is 9.70. The number of rotatable bonds is 6. The number of aliphatic carboxylic acids is 1. The zero-order chi connectivity index (χ0) is 21.3. The van der Waals surface area contributed by atoms with Crippen LogP contribution in [0.25, 0.3) is 11.3 Å². The highest BCUT2D eigenvalue weighted by Gasteiger charge is 2.42. The van der Waals surface area contributed by atoms with E-state index in [0.717, 1.165) is 11.1 Å². The third-order valence-electron chi connectivity index (χ3n) is 5.18. The molecule has 1 aliphatic carbocycles. The predicted molar refractivity (Wildman–Crippen MR) is 108 cm³/mol. The Balaban J connectivity index is 1.50. The van der Waals surface area contributed by atoms with Gasteiger partial charge in [-0.25, -0.2) is 4.98 Å². The van der Waals surface area contributed by atoms with Gasteiger partial charge in [-0.2, -0.15) is 0 Å². The minimum atomic E-state index is -0.780. The van der Waals surface area contributed by atoms with Crippen molar-refractivity contribution in [1.29, 1.82) is 0 Å². The Bertz CT molecular complexity index is 1100. The standard InChI is InChI=1S/C22H22N4O4/c1-13(27)21-24-8-9-26(21)19(12-23)18-11-20(30-25-18)15-5-2-14(3-6-15)4-7-16-10-17(16)22(28)29/h2-3,5-6,8-9,11,13,16-17,19,27H,10,12,23H2,1H3,(H,28,29)/t13?,16-,17-,19?/m1/s1. The van der Waals surface area contributed by atoms with Gasteiger partial charge >= 0.3 is 5.97 Å². The van der Waals surface area contributed by atoms with Crippen LogP contribution in [0.3, 0.4) is 0 Å². The third kappa shape index (κ3) is 3.99. The molecule has 0 radical (unpaired) electrons. The number of carboxylic acid groups (broad SMARTS) is 1. The van der Waals surface area contributed by atoms with E-state index >= 15 is 0 Å². The van der Waals surface area contributed by atoms with Crippen molar-refractivity contribution in [3.8, 4) is 23.2 Å². The first kappa shape index (κ1) is 19.9. The second kappa shape index (κ2) is 8.14. The second-order valence-corrected chi connectivity index (χ2v) is 7.37. The Morgan fingerprint density at radius 1 is 1.40 bits per heavy atom. The van der Waals surface area contributed by atoms with E-state index in [1.165, 1.54) is 0 Å². The van der Waals surface area contributed by atoms with E-state index in [1.807, 2.05) is 30.3 Å². The van der Waals surface area contributed by atoms with Crippen LogP contribution in [0.4, 0.5) is 0 Å². The third-order valence-corrected chi connectivity index (χ3v) is 5.18. The molecule has 8 heteroatoms. The molecule has 2 aromatic heterocycles. The van der Waals surface area contributed by atoms with Gasteiger partial charge in [0.1, 0.15) is 17.6 Å². The molecule has 3 aromatic rings. The number of aliphatic hydroxyl groups is 1. The molecule has 0 saturated heterocycles. The van der Waals surface area contributed by atoms with Crippen molar-refractivity contribution in [3.05, 3.63) is 59.8 Å². The molecule has 1 aromatic carbocycles.